The molecular weight excluding hydrogens is 447 g/mol. The Morgan fingerprint density at radius 3 is 2.40 bits per heavy atom. The van der Waals surface area contributed by atoms with Crippen LogP contribution in [0.3, 0.4) is 0 Å². The molecule has 0 unspecified atom stereocenters. The van der Waals surface area contributed by atoms with Gasteiger partial charge in [0.05, 0.1) is 22.9 Å². The van der Waals surface area contributed by atoms with E-state index in [1.807, 2.05) is 18.7 Å². The maximum Gasteiger partial charge on any atom is 0.191 e. The van der Waals surface area contributed by atoms with Crippen molar-refractivity contribution in [1.29, 1.82) is 0 Å². The van der Waals surface area contributed by atoms with Crippen molar-refractivity contribution in [2.75, 3.05) is 13.1 Å². The number of nitrogens with one attached hydrogen (secondary N) is 2. The molecule has 0 spiro atoms. The molecular formula is C17H29IN6S. The summed E-state index contributed by atoms with van der Waals surface area (Å²) in [5.41, 5.74) is 4.54. The fraction of sp³-hybridized carbons (Fsp3) is 0.588. The quantitative estimate of drug-likeness (QED) is 0.382. The highest BCUT2D eigenvalue weighted by molar-refractivity contribution is 14.0. The molecule has 0 saturated heterocycles. The molecule has 2 aromatic rings. The zero-order chi connectivity index (χ0) is 17.7. The molecule has 2 aromatic heterocycles. The van der Waals surface area contributed by atoms with Crippen LogP contribution in [0.5, 0.6) is 0 Å². The lowest BCUT2D eigenvalue weighted by Crippen LogP contribution is -2.38. The third-order valence-electron chi connectivity index (χ3n) is 4.10. The monoisotopic (exact) mass is 476 g/mol. The second-order valence-electron chi connectivity index (χ2n) is 5.89. The van der Waals surface area contributed by atoms with E-state index in [9.17, 15) is 0 Å². The van der Waals surface area contributed by atoms with E-state index < -0.39 is 0 Å². The first-order valence-electron chi connectivity index (χ1n) is 8.36. The minimum atomic E-state index is 0. The number of hydrogen-bond acceptors (Lipinski definition) is 4. The largest absolute Gasteiger partial charge is 0.357 e. The maximum atomic E-state index is 4.70. The molecule has 0 aliphatic heterocycles. The van der Waals surface area contributed by atoms with Crippen LogP contribution >= 0.6 is 35.3 Å². The maximum absolute atomic E-state index is 4.70. The van der Waals surface area contributed by atoms with Crippen molar-refractivity contribution in [3.8, 4) is 0 Å². The summed E-state index contributed by atoms with van der Waals surface area (Å²) in [5, 5.41) is 12.3. The van der Waals surface area contributed by atoms with E-state index in [4.69, 9.17) is 4.99 Å². The summed E-state index contributed by atoms with van der Waals surface area (Å²) in [6.45, 7) is 12.7. The molecule has 140 valence electrons. The second kappa shape index (κ2) is 10.1. The molecule has 2 rings (SSSR count). The Morgan fingerprint density at radius 2 is 1.88 bits per heavy atom. The summed E-state index contributed by atoms with van der Waals surface area (Å²) in [4.78, 5) is 10.6. The Hall–Kier alpha value is -1.16. The molecule has 2 N–H and O–H groups in total. The number of aromatic nitrogens is 3. The van der Waals surface area contributed by atoms with Gasteiger partial charge in [-0.25, -0.2) is 9.98 Å². The van der Waals surface area contributed by atoms with Gasteiger partial charge in [-0.3, -0.25) is 4.68 Å². The first kappa shape index (κ1) is 21.9. The molecule has 0 radical (unpaired) electrons. The van der Waals surface area contributed by atoms with Gasteiger partial charge in [0.1, 0.15) is 0 Å². The van der Waals surface area contributed by atoms with Gasteiger partial charge in [-0.05, 0) is 34.6 Å². The van der Waals surface area contributed by atoms with Crippen molar-refractivity contribution in [3.05, 3.63) is 32.5 Å². The minimum Gasteiger partial charge on any atom is -0.357 e. The smallest absolute Gasteiger partial charge is 0.191 e. The number of aryl methyl sites for hydroxylation is 4. The summed E-state index contributed by atoms with van der Waals surface area (Å²) in [6, 6.07) is 0. The molecule has 0 aliphatic rings. The fourth-order valence-corrected chi connectivity index (χ4v) is 3.41. The fourth-order valence-electron chi connectivity index (χ4n) is 2.48. The van der Waals surface area contributed by atoms with Gasteiger partial charge in [0.25, 0.3) is 0 Å². The standard InChI is InChI=1S/C17H28N6S.HI/c1-7-18-17(19-9-8-16-21-11(2)14(5)24-16)20-10-15-12(3)22-23(6)13(15)4;/h7-10H2,1-6H3,(H2,18,19,20);1H. The predicted octanol–water partition coefficient (Wildman–Crippen LogP) is 3.03. The number of aliphatic imine (C=N–C) groups is 1. The summed E-state index contributed by atoms with van der Waals surface area (Å²) in [7, 11) is 1.97. The van der Waals surface area contributed by atoms with E-state index >= 15 is 0 Å². The zero-order valence-corrected chi connectivity index (χ0v) is 19.1. The van der Waals surface area contributed by atoms with Gasteiger partial charge >= 0.3 is 0 Å². The van der Waals surface area contributed by atoms with Crippen molar-refractivity contribution in [1.82, 2.24) is 25.4 Å². The first-order chi connectivity index (χ1) is 11.4. The van der Waals surface area contributed by atoms with E-state index in [1.54, 1.807) is 11.3 Å². The number of hydrogen-bond donors (Lipinski definition) is 2. The second-order valence-corrected chi connectivity index (χ2v) is 7.18. The SMILES string of the molecule is CCNC(=NCc1c(C)nn(C)c1C)NCCc1nc(C)c(C)s1.I. The summed E-state index contributed by atoms with van der Waals surface area (Å²) in [5.74, 6) is 0.838. The van der Waals surface area contributed by atoms with Gasteiger partial charge in [-0.15, -0.1) is 35.3 Å². The van der Waals surface area contributed by atoms with E-state index in [0.717, 1.165) is 36.9 Å². The lowest BCUT2D eigenvalue weighted by molar-refractivity contribution is 0.730. The van der Waals surface area contributed by atoms with Gasteiger partial charge in [0.15, 0.2) is 5.96 Å². The molecule has 0 aliphatic carbocycles. The highest BCUT2D eigenvalue weighted by atomic mass is 127. The van der Waals surface area contributed by atoms with Crippen LogP contribution in [-0.4, -0.2) is 33.8 Å². The van der Waals surface area contributed by atoms with Crippen molar-refractivity contribution < 1.29 is 0 Å². The van der Waals surface area contributed by atoms with Gasteiger partial charge < -0.3 is 10.6 Å². The summed E-state index contributed by atoms with van der Waals surface area (Å²) < 4.78 is 1.91. The van der Waals surface area contributed by atoms with Crippen LogP contribution in [0, 0.1) is 27.7 Å². The number of thiazole rings is 1. The van der Waals surface area contributed by atoms with Gasteiger partial charge in [0.2, 0.25) is 0 Å². The number of guanidine groups is 1. The molecule has 0 saturated carbocycles. The Balaban J connectivity index is 0.00000312. The molecule has 0 aromatic carbocycles. The lowest BCUT2D eigenvalue weighted by atomic mass is 10.2. The van der Waals surface area contributed by atoms with Gasteiger partial charge in [0, 0.05) is 42.7 Å². The van der Waals surface area contributed by atoms with Crippen LogP contribution < -0.4 is 10.6 Å². The normalized spacial score (nSPS) is 11.4. The molecule has 0 bridgehead atoms. The van der Waals surface area contributed by atoms with E-state index in [2.05, 4.69) is 48.4 Å². The highest BCUT2D eigenvalue weighted by Gasteiger charge is 2.09. The molecule has 0 atom stereocenters. The Kier molecular flexibility index (Phi) is 8.84. The van der Waals surface area contributed by atoms with E-state index in [1.165, 1.54) is 21.1 Å². The average molecular weight is 476 g/mol. The van der Waals surface area contributed by atoms with Crippen LogP contribution in [0.25, 0.3) is 0 Å². The van der Waals surface area contributed by atoms with Crippen molar-refractivity contribution in [2.24, 2.45) is 12.0 Å². The average Bonchev–Trinajstić information content (AvgIpc) is 2.96. The van der Waals surface area contributed by atoms with E-state index in [0.29, 0.717) is 6.54 Å². The summed E-state index contributed by atoms with van der Waals surface area (Å²) >= 11 is 1.77. The topological polar surface area (TPSA) is 67.1 Å². The third kappa shape index (κ3) is 5.95. The molecule has 2 heterocycles. The van der Waals surface area contributed by atoms with Gasteiger partial charge in [-0.2, -0.15) is 5.10 Å². The van der Waals surface area contributed by atoms with Crippen molar-refractivity contribution in [2.45, 2.75) is 47.6 Å². The molecule has 6 nitrogen and oxygen atoms in total. The number of rotatable bonds is 6. The van der Waals surface area contributed by atoms with Crippen molar-refractivity contribution in [3.63, 3.8) is 0 Å². The van der Waals surface area contributed by atoms with Crippen molar-refractivity contribution >= 4 is 41.3 Å². The van der Waals surface area contributed by atoms with Crippen LogP contribution in [0.2, 0.25) is 0 Å². The molecule has 8 heteroatoms. The Bertz CT molecular complexity index is 700. The lowest BCUT2D eigenvalue weighted by Gasteiger charge is -2.10. The number of nitrogens with zero attached hydrogens (tertiary/aromatic N) is 4. The minimum absolute atomic E-state index is 0. The van der Waals surface area contributed by atoms with E-state index in [-0.39, 0.29) is 24.0 Å². The predicted molar refractivity (Wildman–Crippen MR) is 116 cm³/mol. The van der Waals surface area contributed by atoms with Crippen LogP contribution in [0.4, 0.5) is 0 Å². The van der Waals surface area contributed by atoms with Gasteiger partial charge in [-0.1, -0.05) is 0 Å². The van der Waals surface area contributed by atoms with Crippen LogP contribution in [-0.2, 0) is 20.0 Å². The first-order valence-corrected chi connectivity index (χ1v) is 9.18. The Morgan fingerprint density at radius 1 is 1.16 bits per heavy atom. The summed E-state index contributed by atoms with van der Waals surface area (Å²) in [6.07, 6.45) is 0.911. The zero-order valence-electron chi connectivity index (χ0n) is 15.9. The Labute approximate surface area is 171 Å². The molecule has 25 heavy (non-hydrogen) atoms. The highest BCUT2D eigenvalue weighted by Crippen LogP contribution is 2.16. The number of halogens is 1. The molecule has 0 fully saturated rings. The molecule has 0 amide bonds. The van der Waals surface area contributed by atoms with Crippen LogP contribution in [0.15, 0.2) is 4.99 Å². The van der Waals surface area contributed by atoms with Crippen LogP contribution in [0.1, 0.15) is 39.5 Å². The third-order valence-corrected chi connectivity index (χ3v) is 5.24.